The Morgan fingerprint density at radius 1 is 1.33 bits per heavy atom. The molecule has 0 fully saturated rings. The number of amidine groups is 1. The number of rotatable bonds is 1. The number of aliphatic hydroxyl groups is 1. The highest BCUT2D eigenvalue weighted by Gasteiger charge is 2.45. The molecule has 88 valence electrons. The van der Waals surface area contributed by atoms with Crippen molar-refractivity contribution in [2.75, 3.05) is 0 Å². The Hall–Kier alpha value is -2.03. The largest absolute Gasteiger partial charge is 0.362 e. The van der Waals surface area contributed by atoms with E-state index in [1.807, 2.05) is 29.7 Å². The topological polar surface area (TPSA) is 59.6 Å². The maximum atomic E-state index is 11.0. The summed E-state index contributed by atoms with van der Waals surface area (Å²) in [5.41, 5.74) is -0.602. The first kappa shape index (κ1) is 11.1. The Morgan fingerprint density at radius 3 is 2.83 bits per heavy atom. The van der Waals surface area contributed by atoms with E-state index >= 15 is 0 Å². The van der Waals surface area contributed by atoms with Crippen molar-refractivity contribution in [1.82, 2.24) is 4.90 Å². The number of aliphatic imine (C=N–C) groups is 1. The Bertz CT molecular complexity index is 615. The van der Waals surface area contributed by atoms with E-state index in [1.165, 1.54) is 18.0 Å². The maximum absolute atomic E-state index is 11.0. The van der Waals surface area contributed by atoms with Crippen molar-refractivity contribution in [2.45, 2.75) is 5.72 Å². The van der Waals surface area contributed by atoms with Crippen LogP contribution in [0, 0.1) is 11.3 Å². The van der Waals surface area contributed by atoms with Gasteiger partial charge in [0.1, 0.15) is 11.6 Å². The third-order valence-electron chi connectivity index (χ3n) is 2.91. The molecule has 1 aromatic rings. The predicted molar refractivity (Wildman–Crippen MR) is 70.0 cm³/mol. The fourth-order valence-corrected chi connectivity index (χ4v) is 2.75. The van der Waals surface area contributed by atoms with E-state index in [2.05, 4.69) is 4.99 Å². The first-order valence-corrected chi connectivity index (χ1v) is 6.24. The Morgan fingerprint density at radius 2 is 2.11 bits per heavy atom. The van der Waals surface area contributed by atoms with Gasteiger partial charge in [0.05, 0.1) is 0 Å². The normalized spacial score (nSPS) is 25.2. The van der Waals surface area contributed by atoms with E-state index in [1.54, 1.807) is 23.2 Å². The molecule has 18 heavy (non-hydrogen) atoms. The van der Waals surface area contributed by atoms with E-state index in [4.69, 9.17) is 0 Å². The molecule has 0 aromatic heterocycles. The number of nitriles is 1. The molecule has 0 radical (unpaired) electrons. The maximum Gasteiger partial charge on any atom is 0.208 e. The fourth-order valence-electron chi connectivity index (χ4n) is 2.02. The molecular formula is C13H9N3OS. The predicted octanol–water partition coefficient (Wildman–Crippen LogP) is 2.13. The van der Waals surface area contributed by atoms with E-state index in [9.17, 15) is 10.4 Å². The molecule has 2 aliphatic rings. The zero-order valence-corrected chi connectivity index (χ0v) is 10.1. The van der Waals surface area contributed by atoms with Gasteiger partial charge in [0.15, 0.2) is 5.17 Å². The van der Waals surface area contributed by atoms with Crippen LogP contribution >= 0.6 is 11.8 Å². The summed E-state index contributed by atoms with van der Waals surface area (Å²) in [7, 11) is 0. The lowest BCUT2D eigenvalue weighted by atomic mass is 9.93. The summed E-state index contributed by atoms with van der Waals surface area (Å²) in [6, 6.07) is 11.2. The van der Waals surface area contributed by atoms with Crippen LogP contribution in [0.3, 0.4) is 0 Å². The zero-order chi connectivity index (χ0) is 12.6. The van der Waals surface area contributed by atoms with Gasteiger partial charge in [0, 0.05) is 18.0 Å². The van der Waals surface area contributed by atoms with Crippen LogP contribution in [-0.4, -0.2) is 15.2 Å². The molecule has 3 rings (SSSR count). The van der Waals surface area contributed by atoms with Gasteiger partial charge in [-0.3, -0.25) is 4.90 Å². The Kier molecular flexibility index (Phi) is 2.47. The molecule has 4 nitrogen and oxygen atoms in total. The molecule has 2 aliphatic heterocycles. The lowest BCUT2D eigenvalue weighted by Gasteiger charge is -2.38. The van der Waals surface area contributed by atoms with Crippen LogP contribution in [0.25, 0.3) is 0 Å². The van der Waals surface area contributed by atoms with Gasteiger partial charge < -0.3 is 5.11 Å². The van der Waals surface area contributed by atoms with Crippen LogP contribution in [0.4, 0.5) is 0 Å². The summed E-state index contributed by atoms with van der Waals surface area (Å²) >= 11 is 1.42. The van der Waals surface area contributed by atoms with Crippen LogP contribution in [0.15, 0.2) is 58.7 Å². The number of fused-ring (bicyclic) bond motifs is 1. The third kappa shape index (κ3) is 1.40. The second kappa shape index (κ2) is 4.02. The molecule has 0 bridgehead atoms. The van der Waals surface area contributed by atoms with Crippen LogP contribution in [0.5, 0.6) is 0 Å². The summed E-state index contributed by atoms with van der Waals surface area (Å²) in [5.74, 6) is 0. The molecule has 1 N–H and O–H groups in total. The molecule has 1 unspecified atom stereocenters. The van der Waals surface area contributed by atoms with E-state index in [0.29, 0.717) is 10.7 Å². The van der Waals surface area contributed by atoms with E-state index < -0.39 is 5.72 Å². The highest BCUT2D eigenvalue weighted by atomic mass is 32.2. The highest BCUT2D eigenvalue weighted by Crippen LogP contribution is 2.41. The molecule has 1 atom stereocenters. The zero-order valence-electron chi connectivity index (χ0n) is 9.32. The quantitative estimate of drug-likeness (QED) is 0.835. The van der Waals surface area contributed by atoms with Crippen molar-refractivity contribution >= 4 is 16.9 Å². The average molecular weight is 255 g/mol. The SMILES string of the molecule is N#CC1=CN=C2SC=CN2C1(O)c1ccccc1. The smallest absolute Gasteiger partial charge is 0.208 e. The summed E-state index contributed by atoms with van der Waals surface area (Å²) in [6.45, 7) is 0. The minimum Gasteiger partial charge on any atom is -0.362 e. The van der Waals surface area contributed by atoms with Crippen molar-refractivity contribution in [1.29, 1.82) is 5.26 Å². The second-order valence-electron chi connectivity index (χ2n) is 3.88. The number of hydrogen-bond acceptors (Lipinski definition) is 5. The van der Waals surface area contributed by atoms with Crippen molar-refractivity contribution < 1.29 is 5.11 Å². The molecule has 0 saturated carbocycles. The molecule has 0 spiro atoms. The minimum atomic E-state index is -1.47. The second-order valence-corrected chi connectivity index (χ2v) is 4.75. The van der Waals surface area contributed by atoms with Gasteiger partial charge >= 0.3 is 0 Å². The standard InChI is InChI=1S/C13H9N3OS/c14-8-11-9-15-12-16(6-7-18-12)13(11,17)10-4-2-1-3-5-10/h1-7,9,17H. The van der Waals surface area contributed by atoms with Crippen LogP contribution in [0.2, 0.25) is 0 Å². The van der Waals surface area contributed by atoms with Crippen LogP contribution in [0.1, 0.15) is 5.56 Å². The first-order chi connectivity index (χ1) is 8.76. The molecule has 0 aliphatic carbocycles. The molecule has 0 amide bonds. The lowest BCUT2D eigenvalue weighted by molar-refractivity contribution is -0.0126. The average Bonchev–Trinajstić information content (AvgIpc) is 2.90. The molecule has 1 aromatic carbocycles. The summed E-state index contributed by atoms with van der Waals surface area (Å²) in [5, 5.41) is 22.7. The summed E-state index contributed by atoms with van der Waals surface area (Å²) in [4.78, 5) is 5.78. The molecule has 0 saturated heterocycles. The number of benzene rings is 1. The van der Waals surface area contributed by atoms with Crippen molar-refractivity contribution in [2.24, 2.45) is 4.99 Å². The van der Waals surface area contributed by atoms with Gasteiger partial charge in [0.2, 0.25) is 5.72 Å². The number of thioether (sulfide) groups is 1. The third-order valence-corrected chi connectivity index (χ3v) is 3.69. The van der Waals surface area contributed by atoms with Gasteiger partial charge in [-0.15, -0.1) is 0 Å². The molecule has 5 heteroatoms. The molecular weight excluding hydrogens is 246 g/mol. The first-order valence-electron chi connectivity index (χ1n) is 5.36. The van der Waals surface area contributed by atoms with Gasteiger partial charge in [-0.2, -0.15) is 5.26 Å². The van der Waals surface area contributed by atoms with Crippen molar-refractivity contribution in [3.8, 4) is 6.07 Å². The molecule has 2 heterocycles. The Labute approximate surface area is 109 Å². The lowest BCUT2D eigenvalue weighted by Crippen LogP contribution is -2.47. The minimum absolute atomic E-state index is 0.213. The van der Waals surface area contributed by atoms with Crippen LogP contribution < -0.4 is 0 Å². The van der Waals surface area contributed by atoms with Gasteiger partial charge in [0.25, 0.3) is 0 Å². The van der Waals surface area contributed by atoms with E-state index in [-0.39, 0.29) is 5.57 Å². The fraction of sp³-hybridized carbons (Fsp3) is 0.0769. The highest BCUT2D eigenvalue weighted by molar-refractivity contribution is 8.16. The van der Waals surface area contributed by atoms with Gasteiger partial charge in [-0.1, -0.05) is 42.1 Å². The van der Waals surface area contributed by atoms with Crippen molar-refractivity contribution in [3.05, 3.63) is 59.3 Å². The Balaban J connectivity index is 2.19. The van der Waals surface area contributed by atoms with E-state index in [0.717, 1.165) is 0 Å². The van der Waals surface area contributed by atoms with Crippen LogP contribution in [-0.2, 0) is 5.72 Å². The summed E-state index contributed by atoms with van der Waals surface area (Å²) in [6.07, 6.45) is 3.17. The number of hydrogen-bond donors (Lipinski definition) is 1. The monoisotopic (exact) mass is 255 g/mol. The van der Waals surface area contributed by atoms with Gasteiger partial charge in [-0.05, 0) is 5.41 Å². The number of nitrogens with zero attached hydrogens (tertiary/aromatic N) is 3. The summed E-state index contributed by atoms with van der Waals surface area (Å²) < 4.78 is 0. The van der Waals surface area contributed by atoms with Gasteiger partial charge in [-0.25, -0.2) is 4.99 Å². The van der Waals surface area contributed by atoms with Crippen molar-refractivity contribution in [3.63, 3.8) is 0 Å².